The van der Waals surface area contributed by atoms with E-state index in [1.54, 1.807) is 6.07 Å². The average molecular weight is 995 g/mol. The van der Waals surface area contributed by atoms with E-state index >= 15 is 0 Å². The summed E-state index contributed by atoms with van der Waals surface area (Å²) in [5, 5.41) is 4.68. The summed E-state index contributed by atoms with van der Waals surface area (Å²) >= 11 is 0. The molecule has 368 valence electrons. The van der Waals surface area contributed by atoms with Crippen molar-refractivity contribution in [2.45, 2.75) is 33.0 Å². The highest BCUT2D eigenvalue weighted by Crippen LogP contribution is 2.54. The summed E-state index contributed by atoms with van der Waals surface area (Å²) in [7, 11) is 0. The number of ether oxygens (including phenoxy) is 1. The zero-order valence-corrected chi connectivity index (χ0v) is 42.9. The molecule has 2 aliphatic rings. The molecule has 6 nitrogen and oxygen atoms in total. The molecule has 6 heteroatoms. The lowest BCUT2D eigenvalue weighted by Crippen LogP contribution is -2.25. The minimum Gasteiger partial charge on any atom is -0.457 e. The van der Waals surface area contributed by atoms with Crippen molar-refractivity contribution in [2.75, 3.05) is 16.5 Å². The molecule has 0 spiro atoms. The van der Waals surface area contributed by atoms with Gasteiger partial charge in [0.25, 0.3) is 0 Å². The van der Waals surface area contributed by atoms with Gasteiger partial charge in [0.05, 0.1) is 44.8 Å². The first kappa shape index (κ1) is 41.7. The lowest BCUT2D eigenvalue weighted by molar-refractivity contribution is 0.483. The Morgan fingerprint density at radius 2 is 1.14 bits per heavy atom. The van der Waals surface area contributed by atoms with Crippen LogP contribution in [0.25, 0.3) is 99.6 Å². The molecule has 13 aromatic rings. The maximum absolute atomic E-state index is 8.88. The zero-order chi connectivity index (χ0) is 54.0. The molecule has 0 fully saturated rings. The highest BCUT2D eigenvalue weighted by atomic mass is 16.5. The van der Waals surface area contributed by atoms with E-state index in [4.69, 9.17) is 13.8 Å². The number of anilines is 4. The molecule has 0 atom stereocenters. The number of pyridine rings is 1. The van der Waals surface area contributed by atoms with Gasteiger partial charge in [-0.3, -0.25) is 4.57 Å². The fraction of sp³-hybridized carbons (Fsp3) is 0.0845. The van der Waals surface area contributed by atoms with Gasteiger partial charge in [-0.25, -0.2) is 4.98 Å². The van der Waals surface area contributed by atoms with E-state index < -0.39 is 6.85 Å². The molecule has 0 radical (unpaired) electrons. The molecule has 0 bridgehead atoms. The summed E-state index contributed by atoms with van der Waals surface area (Å²) in [6.07, 6.45) is 1.93. The molecule has 5 heterocycles. The topological polar surface area (TPSA) is 38.5 Å². The van der Waals surface area contributed by atoms with Crippen LogP contribution in [0.4, 0.5) is 22.7 Å². The van der Waals surface area contributed by atoms with Crippen LogP contribution < -0.4 is 14.5 Å². The normalized spacial score (nSPS) is 13.6. The lowest BCUT2D eigenvalue weighted by atomic mass is 9.88. The second-order valence-corrected chi connectivity index (χ2v) is 21.3. The second-order valence-electron chi connectivity index (χ2n) is 21.3. The summed E-state index contributed by atoms with van der Waals surface area (Å²) in [5.74, 6) is 2.14. The standard InChI is InChI=1S/C71H53N5O/c1-45-19-15-34-63-68(45)74(69-52(46-20-7-5-8-21-46)29-17-30-53(69)47-22-9-6-10-23-47)44-73(63)49-24-16-25-50(42-49)77-51-35-36-59-64(43-51)75(65-41-48(39-40-72-65)71(2,3)4)61-37-38-62-66(67(59)61)56-28-12-11-26-54(56)57-31-18-32-58-55-27-13-14-33-60(55)76(62)70(57)58/h5-43H,44H2,1-4H3/i1D3. The van der Waals surface area contributed by atoms with Gasteiger partial charge in [-0.05, 0) is 106 Å². The van der Waals surface area contributed by atoms with E-state index in [0.29, 0.717) is 23.9 Å². The summed E-state index contributed by atoms with van der Waals surface area (Å²) in [6.45, 7) is 4.69. The van der Waals surface area contributed by atoms with Gasteiger partial charge >= 0.3 is 0 Å². The third-order valence-electron chi connectivity index (χ3n) is 15.8. The first-order valence-electron chi connectivity index (χ1n) is 27.9. The molecule has 0 saturated carbocycles. The predicted molar refractivity (Wildman–Crippen MR) is 320 cm³/mol. The number of rotatable bonds is 7. The lowest BCUT2D eigenvalue weighted by Gasteiger charge is -2.28. The Morgan fingerprint density at radius 3 is 1.94 bits per heavy atom. The largest absolute Gasteiger partial charge is 0.457 e. The van der Waals surface area contributed by atoms with E-state index in [2.05, 4.69) is 203 Å². The van der Waals surface area contributed by atoms with Gasteiger partial charge in [-0.2, -0.15) is 0 Å². The summed E-state index contributed by atoms with van der Waals surface area (Å²) in [4.78, 5) is 9.52. The van der Waals surface area contributed by atoms with Crippen LogP contribution in [0.2, 0.25) is 0 Å². The van der Waals surface area contributed by atoms with Crippen LogP contribution in [-0.4, -0.2) is 20.8 Å². The zero-order valence-electron chi connectivity index (χ0n) is 45.9. The first-order valence-corrected chi connectivity index (χ1v) is 26.4. The molecule has 0 aliphatic carbocycles. The highest BCUT2D eigenvalue weighted by molar-refractivity contribution is 6.23. The number of hydrogen-bond acceptors (Lipinski definition) is 4. The molecule has 2 aliphatic heterocycles. The van der Waals surface area contributed by atoms with Crippen LogP contribution >= 0.6 is 0 Å². The minimum absolute atomic E-state index is 0.116. The fourth-order valence-electron chi connectivity index (χ4n) is 12.4. The van der Waals surface area contributed by atoms with Crippen molar-refractivity contribution in [3.63, 3.8) is 0 Å². The molecule has 3 aromatic heterocycles. The van der Waals surface area contributed by atoms with Crippen molar-refractivity contribution in [1.29, 1.82) is 0 Å². The maximum atomic E-state index is 8.88. The van der Waals surface area contributed by atoms with E-state index in [9.17, 15) is 0 Å². The third-order valence-corrected chi connectivity index (χ3v) is 15.8. The fourth-order valence-corrected chi connectivity index (χ4v) is 12.4. The van der Waals surface area contributed by atoms with Gasteiger partial charge in [0.2, 0.25) is 0 Å². The van der Waals surface area contributed by atoms with Crippen LogP contribution in [0.3, 0.4) is 0 Å². The predicted octanol–water partition coefficient (Wildman–Crippen LogP) is 18.9. The number of fused-ring (bicyclic) bond motifs is 13. The van der Waals surface area contributed by atoms with Gasteiger partial charge in [-0.1, -0.05) is 178 Å². The van der Waals surface area contributed by atoms with Crippen LogP contribution in [-0.2, 0) is 5.41 Å². The van der Waals surface area contributed by atoms with Crippen molar-refractivity contribution in [2.24, 2.45) is 0 Å². The molecular formula is C71H53N5O. The summed E-state index contributed by atoms with van der Waals surface area (Å²) < 4.78 is 38.5. The number of aromatic nitrogens is 3. The third kappa shape index (κ3) is 6.98. The quantitative estimate of drug-likeness (QED) is 0.159. The molecule has 0 N–H and O–H groups in total. The summed E-state index contributed by atoms with van der Waals surface area (Å²) in [6, 6.07) is 80.5. The van der Waals surface area contributed by atoms with E-state index in [1.807, 2.05) is 66.9 Å². The molecular weight excluding hydrogens is 939 g/mol. The molecule has 10 aromatic carbocycles. The minimum atomic E-state index is -2.39. The van der Waals surface area contributed by atoms with E-state index in [0.717, 1.165) is 78.2 Å². The average Bonchev–Trinajstić information content (AvgIpc) is 3.85. The molecule has 15 rings (SSSR count). The Labute approximate surface area is 452 Å². The van der Waals surface area contributed by atoms with Crippen LogP contribution in [0.5, 0.6) is 11.5 Å². The van der Waals surface area contributed by atoms with Crippen LogP contribution in [0.1, 0.15) is 36.0 Å². The number of para-hydroxylation sites is 4. The highest BCUT2D eigenvalue weighted by Gasteiger charge is 2.34. The van der Waals surface area contributed by atoms with Crippen molar-refractivity contribution in [1.82, 2.24) is 14.1 Å². The van der Waals surface area contributed by atoms with Gasteiger partial charge < -0.3 is 19.1 Å². The Bertz CT molecular complexity index is 4590. The van der Waals surface area contributed by atoms with Gasteiger partial charge in [0.15, 0.2) is 0 Å². The molecule has 77 heavy (non-hydrogen) atoms. The number of hydrogen-bond donors (Lipinski definition) is 0. The molecule has 0 amide bonds. The monoisotopic (exact) mass is 994 g/mol. The molecule has 0 saturated heterocycles. The molecule has 0 unspecified atom stereocenters. The van der Waals surface area contributed by atoms with Crippen molar-refractivity contribution in [3.8, 4) is 67.5 Å². The van der Waals surface area contributed by atoms with Gasteiger partial charge in [-0.15, -0.1) is 0 Å². The number of nitrogens with zero attached hydrogens (tertiary/aromatic N) is 5. The smallest absolute Gasteiger partial charge is 0.137 e. The number of aryl methyl sites for hydroxylation is 1. The van der Waals surface area contributed by atoms with E-state index in [-0.39, 0.29) is 11.0 Å². The Hall–Kier alpha value is -9.65. The Kier molecular flexibility index (Phi) is 9.31. The summed E-state index contributed by atoms with van der Waals surface area (Å²) in [5.41, 5.74) is 18.9. The van der Waals surface area contributed by atoms with E-state index in [1.165, 1.54) is 44.1 Å². The van der Waals surface area contributed by atoms with Crippen LogP contribution in [0.15, 0.2) is 237 Å². The van der Waals surface area contributed by atoms with Gasteiger partial charge in [0.1, 0.15) is 24.0 Å². The maximum Gasteiger partial charge on any atom is 0.137 e. The van der Waals surface area contributed by atoms with Gasteiger partial charge in [0, 0.05) is 71.9 Å². The van der Waals surface area contributed by atoms with Crippen molar-refractivity contribution in [3.05, 3.63) is 248 Å². The Balaban J connectivity index is 0.894. The second kappa shape index (κ2) is 17.2. The first-order chi connectivity index (χ1) is 39.0. The van der Waals surface area contributed by atoms with Crippen LogP contribution in [0, 0.1) is 6.85 Å². The SMILES string of the molecule is [2H]C([2H])([2H])c1cccc2c1N(c1c(-c3ccccc3)cccc1-c1ccccc1)CN2c1cccc(Oc2ccc3c4c5c(ccc4n(-c4cc(C(C)(C)C)ccn4)c3c2)-n2c3ccccc3c3cccc(c32)-c2ccccc2-5)c1. The Morgan fingerprint density at radius 1 is 0.468 bits per heavy atom. The number of benzene rings is 10. The van der Waals surface area contributed by atoms with Crippen molar-refractivity contribution < 1.29 is 8.85 Å². The van der Waals surface area contributed by atoms with Crippen molar-refractivity contribution >= 4 is 66.4 Å².